The molecule has 0 aromatic carbocycles. The van der Waals surface area contributed by atoms with Crippen LogP contribution in [0.3, 0.4) is 0 Å². The highest BCUT2D eigenvalue weighted by atomic mass is 19.4. The second-order valence-corrected chi connectivity index (χ2v) is 3.40. The standard InChI is InChI=1S/C8H14F3NO2/c9-8(10,11)14-4-3-12-5-7(13)6-1-2-6/h6-7,12-13H,1-5H2. The lowest BCUT2D eigenvalue weighted by atomic mass is 10.2. The highest BCUT2D eigenvalue weighted by Crippen LogP contribution is 2.32. The summed E-state index contributed by atoms with van der Waals surface area (Å²) in [5.74, 6) is 0.339. The molecule has 2 N–H and O–H groups in total. The molecule has 0 aromatic rings. The van der Waals surface area contributed by atoms with E-state index in [1.54, 1.807) is 0 Å². The summed E-state index contributed by atoms with van der Waals surface area (Å²) in [5.41, 5.74) is 0. The molecule has 0 spiro atoms. The van der Waals surface area contributed by atoms with Crippen LogP contribution in [0.15, 0.2) is 0 Å². The fourth-order valence-electron chi connectivity index (χ4n) is 1.14. The summed E-state index contributed by atoms with van der Waals surface area (Å²) < 4.78 is 38.0. The van der Waals surface area contributed by atoms with Crippen LogP contribution in [0.2, 0.25) is 0 Å². The molecular formula is C8H14F3NO2. The van der Waals surface area contributed by atoms with Crippen molar-refractivity contribution in [3.05, 3.63) is 0 Å². The van der Waals surface area contributed by atoms with Gasteiger partial charge in [0.05, 0.1) is 12.7 Å². The summed E-state index contributed by atoms with van der Waals surface area (Å²) in [5, 5.41) is 12.0. The van der Waals surface area contributed by atoms with Gasteiger partial charge in [-0.15, -0.1) is 13.2 Å². The predicted octanol–water partition coefficient (Wildman–Crippen LogP) is 0.883. The van der Waals surface area contributed by atoms with Crippen molar-refractivity contribution in [3.8, 4) is 0 Å². The van der Waals surface area contributed by atoms with E-state index in [4.69, 9.17) is 0 Å². The summed E-state index contributed by atoms with van der Waals surface area (Å²) in [4.78, 5) is 0. The molecule has 1 atom stereocenters. The van der Waals surface area contributed by atoms with Crippen LogP contribution in [-0.2, 0) is 4.74 Å². The third-order valence-corrected chi connectivity index (χ3v) is 2.06. The molecule has 1 saturated carbocycles. The second kappa shape index (κ2) is 4.95. The molecule has 3 nitrogen and oxygen atoms in total. The van der Waals surface area contributed by atoms with Gasteiger partial charge in [0, 0.05) is 13.1 Å². The average molecular weight is 213 g/mol. The van der Waals surface area contributed by atoms with E-state index >= 15 is 0 Å². The van der Waals surface area contributed by atoms with Gasteiger partial charge in [0.1, 0.15) is 0 Å². The Bertz CT molecular complexity index is 170. The third-order valence-electron chi connectivity index (χ3n) is 2.06. The zero-order chi connectivity index (χ0) is 10.6. The first kappa shape index (κ1) is 11.7. The van der Waals surface area contributed by atoms with Gasteiger partial charge in [-0.2, -0.15) is 0 Å². The van der Waals surface area contributed by atoms with Gasteiger partial charge in [0.2, 0.25) is 0 Å². The number of aliphatic hydroxyl groups is 1. The van der Waals surface area contributed by atoms with Crippen LogP contribution in [0.4, 0.5) is 13.2 Å². The first-order valence-corrected chi connectivity index (χ1v) is 4.58. The first-order chi connectivity index (χ1) is 6.49. The van der Waals surface area contributed by atoms with Gasteiger partial charge in [-0.25, -0.2) is 0 Å². The van der Waals surface area contributed by atoms with Crippen molar-refractivity contribution in [1.29, 1.82) is 0 Å². The van der Waals surface area contributed by atoms with Crippen LogP contribution in [-0.4, -0.2) is 37.3 Å². The Morgan fingerprint density at radius 3 is 2.57 bits per heavy atom. The summed E-state index contributed by atoms with van der Waals surface area (Å²) in [7, 11) is 0. The van der Waals surface area contributed by atoms with Gasteiger partial charge in [-0.3, -0.25) is 4.74 Å². The highest BCUT2D eigenvalue weighted by Gasteiger charge is 2.30. The predicted molar refractivity (Wildman–Crippen MR) is 43.6 cm³/mol. The van der Waals surface area contributed by atoms with Crippen molar-refractivity contribution < 1.29 is 23.0 Å². The van der Waals surface area contributed by atoms with E-state index in [0.717, 1.165) is 12.8 Å². The van der Waals surface area contributed by atoms with Crippen molar-refractivity contribution in [1.82, 2.24) is 5.32 Å². The minimum Gasteiger partial charge on any atom is -0.392 e. The largest absolute Gasteiger partial charge is 0.522 e. The number of aliphatic hydroxyl groups excluding tert-OH is 1. The summed E-state index contributed by atoms with van der Waals surface area (Å²) in [6.45, 7) is 0.0239. The van der Waals surface area contributed by atoms with Crippen LogP contribution in [0, 0.1) is 5.92 Å². The third kappa shape index (κ3) is 5.41. The van der Waals surface area contributed by atoms with E-state index in [1.807, 2.05) is 0 Å². The molecule has 1 aliphatic carbocycles. The van der Waals surface area contributed by atoms with Crippen molar-refractivity contribution in [2.24, 2.45) is 5.92 Å². The van der Waals surface area contributed by atoms with Crippen molar-refractivity contribution in [2.75, 3.05) is 19.7 Å². The molecule has 0 aromatic heterocycles. The molecule has 0 bridgehead atoms. The number of hydrogen-bond donors (Lipinski definition) is 2. The maximum absolute atomic E-state index is 11.5. The maximum Gasteiger partial charge on any atom is 0.522 e. The lowest BCUT2D eigenvalue weighted by Crippen LogP contribution is -2.31. The lowest BCUT2D eigenvalue weighted by Gasteiger charge is -2.11. The Morgan fingerprint density at radius 1 is 1.43 bits per heavy atom. The smallest absolute Gasteiger partial charge is 0.392 e. The lowest BCUT2D eigenvalue weighted by molar-refractivity contribution is -0.323. The van der Waals surface area contributed by atoms with Crippen molar-refractivity contribution in [2.45, 2.75) is 25.3 Å². The molecular weight excluding hydrogens is 199 g/mol. The normalized spacial score (nSPS) is 19.7. The number of rotatable bonds is 6. The molecule has 0 aliphatic heterocycles. The first-order valence-electron chi connectivity index (χ1n) is 4.58. The molecule has 14 heavy (non-hydrogen) atoms. The fraction of sp³-hybridized carbons (Fsp3) is 1.00. The summed E-state index contributed by atoms with van der Waals surface area (Å²) >= 11 is 0. The van der Waals surface area contributed by atoms with E-state index in [1.165, 1.54) is 0 Å². The van der Waals surface area contributed by atoms with Gasteiger partial charge < -0.3 is 10.4 Å². The van der Waals surface area contributed by atoms with Crippen LogP contribution >= 0.6 is 0 Å². The van der Waals surface area contributed by atoms with E-state index < -0.39 is 19.1 Å². The highest BCUT2D eigenvalue weighted by molar-refractivity contribution is 4.81. The molecule has 1 unspecified atom stereocenters. The second-order valence-electron chi connectivity index (χ2n) is 3.40. The Hall–Kier alpha value is -0.330. The van der Waals surface area contributed by atoms with Crippen LogP contribution in [0.25, 0.3) is 0 Å². The van der Waals surface area contributed by atoms with Gasteiger partial charge in [0.15, 0.2) is 0 Å². The van der Waals surface area contributed by atoms with E-state index in [2.05, 4.69) is 10.1 Å². The average Bonchev–Trinajstić information content (AvgIpc) is 2.83. The molecule has 84 valence electrons. The topological polar surface area (TPSA) is 41.5 Å². The molecule has 1 rings (SSSR count). The van der Waals surface area contributed by atoms with Crippen LogP contribution in [0.5, 0.6) is 0 Å². The Balaban J connectivity index is 1.88. The minimum atomic E-state index is -4.56. The Morgan fingerprint density at radius 2 is 2.07 bits per heavy atom. The number of halogens is 3. The monoisotopic (exact) mass is 213 g/mol. The molecule has 0 saturated heterocycles. The quantitative estimate of drug-likeness (QED) is 0.644. The zero-order valence-electron chi connectivity index (χ0n) is 7.68. The number of hydrogen-bond acceptors (Lipinski definition) is 3. The van der Waals surface area contributed by atoms with E-state index in [9.17, 15) is 18.3 Å². The molecule has 0 amide bonds. The van der Waals surface area contributed by atoms with Gasteiger partial charge in [0.25, 0.3) is 0 Å². The molecule has 0 radical (unpaired) electrons. The van der Waals surface area contributed by atoms with Crippen molar-refractivity contribution >= 4 is 0 Å². The van der Waals surface area contributed by atoms with Gasteiger partial charge in [-0.05, 0) is 18.8 Å². The fourth-order valence-corrected chi connectivity index (χ4v) is 1.14. The SMILES string of the molecule is OC(CNCCOC(F)(F)F)C1CC1. The molecule has 6 heteroatoms. The van der Waals surface area contributed by atoms with E-state index in [-0.39, 0.29) is 6.54 Å². The summed E-state index contributed by atoms with van der Waals surface area (Å²) in [6.07, 6.45) is -2.96. The minimum absolute atomic E-state index is 0.100. The summed E-state index contributed by atoms with van der Waals surface area (Å²) in [6, 6.07) is 0. The molecule has 1 fully saturated rings. The van der Waals surface area contributed by atoms with Crippen LogP contribution in [0.1, 0.15) is 12.8 Å². The number of ether oxygens (including phenoxy) is 1. The molecule has 1 aliphatic rings. The maximum atomic E-state index is 11.5. The van der Waals surface area contributed by atoms with Gasteiger partial charge in [-0.1, -0.05) is 0 Å². The van der Waals surface area contributed by atoms with Gasteiger partial charge >= 0.3 is 6.36 Å². The zero-order valence-corrected chi connectivity index (χ0v) is 7.68. The number of alkyl halides is 3. The molecule has 0 heterocycles. The number of nitrogens with one attached hydrogen (secondary N) is 1. The van der Waals surface area contributed by atoms with Crippen molar-refractivity contribution in [3.63, 3.8) is 0 Å². The van der Waals surface area contributed by atoms with E-state index in [0.29, 0.717) is 12.5 Å². The van der Waals surface area contributed by atoms with Crippen LogP contribution < -0.4 is 5.32 Å². The Labute approximate surface area is 80.2 Å². The Kier molecular flexibility index (Phi) is 4.15.